The number of anilines is 1. The van der Waals surface area contributed by atoms with Gasteiger partial charge in [0.2, 0.25) is 0 Å². The van der Waals surface area contributed by atoms with Crippen molar-refractivity contribution in [3.63, 3.8) is 0 Å². The number of fused-ring (bicyclic) bond motifs is 1. The summed E-state index contributed by atoms with van der Waals surface area (Å²) in [6.45, 7) is 3.27. The number of hydrogen-bond donors (Lipinski definition) is 1. The predicted octanol–water partition coefficient (Wildman–Crippen LogP) is 2.99. The summed E-state index contributed by atoms with van der Waals surface area (Å²) in [5.74, 6) is -1.58. The highest BCUT2D eigenvalue weighted by Crippen LogP contribution is 2.22. The molecule has 160 valence electrons. The van der Waals surface area contributed by atoms with Crippen molar-refractivity contribution in [2.24, 2.45) is 0 Å². The van der Waals surface area contributed by atoms with Crippen LogP contribution in [0.1, 0.15) is 45.3 Å². The highest BCUT2D eigenvalue weighted by atomic mass is 16.5. The fourth-order valence-corrected chi connectivity index (χ4v) is 2.82. The molecule has 0 radical (unpaired) electrons. The number of pyridine rings is 1. The quantitative estimate of drug-likeness (QED) is 0.599. The summed E-state index contributed by atoms with van der Waals surface area (Å²) in [5.41, 5.74) is 0.821. The molecule has 3 aromatic rings. The van der Waals surface area contributed by atoms with E-state index in [-0.39, 0.29) is 30.1 Å². The SMILES string of the molecule is CCC(=O)OCc1cnc(C)c2oc(=O)c(C(=O)Nc3ccc(C(=O)OC)cc3)cc12. The van der Waals surface area contributed by atoms with E-state index in [9.17, 15) is 19.2 Å². The van der Waals surface area contributed by atoms with Gasteiger partial charge in [-0.25, -0.2) is 9.59 Å². The summed E-state index contributed by atoms with van der Waals surface area (Å²) in [6, 6.07) is 7.38. The van der Waals surface area contributed by atoms with Crippen molar-refractivity contribution in [3.8, 4) is 0 Å². The van der Waals surface area contributed by atoms with Crippen molar-refractivity contribution in [1.29, 1.82) is 0 Å². The normalized spacial score (nSPS) is 10.5. The Labute approximate surface area is 177 Å². The molecule has 0 bridgehead atoms. The van der Waals surface area contributed by atoms with E-state index in [2.05, 4.69) is 15.0 Å². The zero-order valence-electron chi connectivity index (χ0n) is 17.2. The van der Waals surface area contributed by atoms with Gasteiger partial charge in [0.05, 0.1) is 18.4 Å². The Kier molecular flexibility index (Phi) is 6.44. The predicted molar refractivity (Wildman–Crippen MR) is 111 cm³/mol. The van der Waals surface area contributed by atoms with Crippen LogP contribution in [-0.2, 0) is 20.9 Å². The summed E-state index contributed by atoms with van der Waals surface area (Å²) in [5, 5.41) is 3.04. The van der Waals surface area contributed by atoms with E-state index in [1.165, 1.54) is 43.6 Å². The molecule has 0 atom stereocenters. The van der Waals surface area contributed by atoms with Gasteiger partial charge in [0, 0.05) is 29.3 Å². The molecule has 1 N–H and O–H groups in total. The second-order valence-electron chi connectivity index (χ2n) is 6.60. The average Bonchev–Trinajstić information content (AvgIpc) is 2.78. The zero-order valence-corrected chi connectivity index (χ0v) is 17.2. The van der Waals surface area contributed by atoms with Gasteiger partial charge < -0.3 is 19.2 Å². The van der Waals surface area contributed by atoms with Crippen LogP contribution in [0.15, 0.2) is 45.7 Å². The molecule has 0 saturated carbocycles. The number of aromatic nitrogens is 1. The lowest BCUT2D eigenvalue weighted by atomic mass is 10.1. The maximum Gasteiger partial charge on any atom is 0.349 e. The number of carbonyl (C=O) groups excluding carboxylic acids is 3. The summed E-state index contributed by atoms with van der Waals surface area (Å²) < 4.78 is 15.1. The molecule has 1 amide bonds. The molecule has 3 rings (SSSR count). The fourth-order valence-electron chi connectivity index (χ4n) is 2.82. The van der Waals surface area contributed by atoms with Crippen LogP contribution in [0.3, 0.4) is 0 Å². The molecule has 0 fully saturated rings. The molecule has 9 heteroatoms. The van der Waals surface area contributed by atoms with E-state index in [0.717, 1.165) is 0 Å². The van der Waals surface area contributed by atoms with Gasteiger partial charge in [0.1, 0.15) is 12.2 Å². The Morgan fingerprint density at radius 1 is 1.16 bits per heavy atom. The smallest absolute Gasteiger partial charge is 0.349 e. The molecule has 0 saturated heterocycles. The zero-order chi connectivity index (χ0) is 22.5. The molecule has 0 aliphatic carbocycles. The molecule has 0 aliphatic heterocycles. The highest BCUT2D eigenvalue weighted by molar-refractivity contribution is 6.06. The Morgan fingerprint density at radius 2 is 1.87 bits per heavy atom. The Hall–Kier alpha value is -4.01. The minimum atomic E-state index is -0.830. The highest BCUT2D eigenvalue weighted by Gasteiger charge is 2.18. The van der Waals surface area contributed by atoms with Crippen LogP contribution in [0, 0.1) is 6.92 Å². The lowest BCUT2D eigenvalue weighted by molar-refractivity contribution is -0.144. The van der Waals surface area contributed by atoms with Crippen LogP contribution in [0.4, 0.5) is 5.69 Å². The number of rotatable bonds is 6. The molecular formula is C22H20N2O7. The van der Waals surface area contributed by atoms with E-state index in [0.29, 0.717) is 27.9 Å². The molecule has 1 aromatic carbocycles. The van der Waals surface area contributed by atoms with Gasteiger partial charge in [0.25, 0.3) is 5.91 Å². The topological polar surface area (TPSA) is 125 Å². The van der Waals surface area contributed by atoms with E-state index >= 15 is 0 Å². The van der Waals surface area contributed by atoms with Gasteiger partial charge in [-0.2, -0.15) is 0 Å². The number of carbonyl (C=O) groups is 3. The van der Waals surface area contributed by atoms with Crippen LogP contribution in [0.2, 0.25) is 0 Å². The van der Waals surface area contributed by atoms with E-state index < -0.39 is 17.5 Å². The second kappa shape index (κ2) is 9.21. The number of nitrogens with zero attached hydrogens (tertiary/aromatic N) is 1. The first-order valence-corrected chi connectivity index (χ1v) is 9.41. The van der Waals surface area contributed by atoms with Gasteiger partial charge in [-0.05, 0) is 37.3 Å². The molecule has 9 nitrogen and oxygen atoms in total. The summed E-state index contributed by atoms with van der Waals surface area (Å²) >= 11 is 0. The summed E-state index contributed by atoms with van der Waals surface area (Å²) in [7, 11) is 1.27. The molecule has 0 aliphatic rings. The lowest BCUT2D eigenvalue weighted by Gasteiger charge is -2.10. The maximum atomic E-state index is 12.7. The molecule has 31 heavy (non-hydrogen) atoms. The van der Waals surface area contributed by atoms with Crippen molar-refractivity contribution < 1.29 is 28.3 Å². The first kappa shape index (κ1) is 21.7. The maximum absolute atomic E-state index is 12.7. The van der Waals surface area contributed by atoms with Gasteiger partial charge in [-0.15, -0.1) is 0 Å². The van der Waals surface area contributed by atoms with Crippen molar-refractivity contribution in [2.75, 3.05) is 12.4 Å². The molecular weight excluding hydrogens is 404 g/mol. The monoisotopic (exact) mass is 424 g/mol. The summed E-state index contributed by atoms with van der Waals surface area (Å²) in [6.07, 6.45) is 1.72. The first-order chi connectivity index (χ1) is 14.8. The number of hydrogen-bond acceptors (Lipinski definition) is 8. The van der Waals surface area contributed by atoms with Gasteiger partial charge in [-0.1, -0.05) is 6.92 Å². The number of aryl methyl sites for hydroxylation is 1. The Bertz CT molecular complexity index is 1210. The largest absolute Gasteiger partial charge is 0.465 e. The number of amides is 1. The molecule has 2 aromatic heterocycles. The number of ether oxygens (including phenoxy) is 2. The van der Waals surface area contributed by atoms with Crippen molar-refractivity contribution in [2.45, 2.75) is 26.9 Å². The first-order valence-electron chi connectivity index (χ1n) is 9.41. The number of nitrogens with one attached hydrogen (secondary N) is 1. The van der Waals surface area contributed by atoms with Crippen LogP contribution in [0.5, 0.6) is 0 Å². The van der Waals surface area contributed by atoms with Crippen molar-refractivity contribution in [1.82, 2.24) is 4.98 Å². The minimum absolute atomic E-state index is 0.0692. The van der Waals surface area contributed by atoms with Crippen molar-refractivity contribution >= 4 is 34.5 Å². The molecule has 0 unspecified atom stereocenters. The molecule has 2 heterocycles. The van der Waals surface area contributed by atoms with Crippen LogP contribution >= 0.6 is 0 Å². The van der Waals surface area contributed by atoms with Gasteiger partial charge >= 0.3 is 17.6 Å². The minimum Gasteiger partial charge on any atom is -0.465 e. The van der Waals surface area contributed by atoms with E-state index in [1.807, 2.05) is 0 Å². The van der Waals surface area contributed by atoms with Gasteiger partial charge in [0.15, 0.2) is 5.58 Å². The van der Waals surface area contributed by atoms with E-state index in [4.69, 9.17) is 9.15 Å². The number of benzene rings is 1. The Morgan fingerprint density at radius 3 is 2.52 bits per heavy atom. The molecule has 0 spiro atoms. The third kappa shape index (κ3) is 4.77. The van der Waals surface area contributed by atoms with Crippen LogP contribution < -0.4 is 10.9 Å². The third-order valence-corrected chi connectivity index (χ3v) is 4.52. The number of esters is 2. The number of methoxy groups -OCH3 is 1. The van der Waals surface area contributed by atoms with Crippen molar-refractivity contribution in [3.05, 3.63) is 69.3 Å². The van der Waals surface area contributed by atoms with Crippen LogP contribution in [0.25, 0.3) is 11.0 Å². The lowest BCUT2D eigenvalue weighted by Crippen LogP contribution is -2.21. The summed E-state index contributed by atoms with van der Waals surface area (Å²) in [4.78, 5) is 52.3. The van der Waals surface area contributed by atoms with Crippen LogP contribution in [-0.4, -0.2) is 29.9 Å². The average molecular weight is 424 g/mol. The fraction of sp³-hybridized carbons (Fsp3) is 0.227. The Balaban J connectivity index is 1.93. The standard InChI is InChI=1S/C22H20N2O7/c1-4-18(25)30-11-14-10-23-12(2)19-16(14)9-17(22(28)31-19)20(26)24-15-7-5-13(6-8-15)21(27)29-3/h5-10H,4,11H2,1-3H3,(H,24,26). The second-order valence-corrected chi connectivity index (χ2v) is 6.60. The van der Waals surface area contributed by atoms with E-state index in [1.54, 1.807) is 13.8 Å². The van der Waals surface area contributed by atoms with Gasteiger partial charge in [-0.3, -0.25) is 14.6 Å². The third-order valence-electron chi connectivity index (χ3n) is 4.52.